The maximum Gasteiger partial charge on any atom is 0.247 e. The molecule has 1 amide bonds. The summed E-state index contributed by atoms with van der Waals surface area (Å²) < 4.78 is 0. The standard InChI is InChI=1S/C27H44N2O2/c1-17(2)7-6-8-18(3)21-9-10-22-20-16-28-25(30)24-15-19(29-31)11-13-27(24,5)23(20)12-14-26(21,22)4/h15,17-18,20-23,31H,6-14,16H2,1-5H3,(H,28,30)/b29-19+/t18?,20?,21?,22?,23?,26-,27-/m1/s1. The molecule has 4 nitrogen and oxygen atoms in total. The van der Waals surface area contributed by atoms with E-state index in [1.165, 1.54) is 44.9 Å². The van der Waals surface area contributed by atoms with Crippen molar-refractivity contribution in [3.05, 3.63) is 11.6 Å². The fourth-order valence-corrected chi connectivity index (χ4v) is 8.41. The molecule has 4 aliphatic rings. The van der Waals surface area contributed by atoms with Gasteiger partial charge in [-0.25, -0.2) is 0 Å². The first-order chi connectivity index (χ1) is 14.7. The summed E-state index contributed by atoms with van der Waals surface area (Å²) in [7, 11) is 0. The van der Waals surface area contributed by atoms with Crippen LogP contribution < -0.4 is 5.32 Å². The first kappa shape index (κ1) is 22.9. The summed E-state index contributed by atoms with van der Waals surface area (Å²) in [5, 5.41) is 16.0. The first-order valence-electron chi connectivity index (χ1n) is 12.9. The topological polar surface area (TPSA) is 61.7 Å². The van der Waals surface area contributed by atoms with Crippen molar-refractivity contribution in [3.63, 3.8) is 0 Å². The lowest BCUT2D eigenvalue weighted by molar-refractivity contribution is -0.118. The summed E-state index contributed by atoms with van der Waals surface area (Å²) in [6.45, 7) is 12.9. The van der Waals surface area contributed by atoms with Gasteiger partial charge in [-0.1, -0.05) is 59.0 Å². The van der Waals surface area contributed by atoms with E-state index in [4.69, 9.17) is 0 Å². The number of oxime groups is 1. The Bertz CT molecular complexity index is 756. The lowest BCUT2D eigenvalue weighted by Crippen LogP contribution is -2.49. The molecule has 3 fully saturated rings. The monoisotopic (exact) mass is 428 g/mol. The zero-order valence-electron chi connectivity index (χ0n) is 20.4. The van der Waals surface area contributed by atoms with Crippen LogP contribution in [0, 0.1) is 46.3 Å². The third kappa shape index (κ3) is 3.86. The molecule has 2 saturated carbocycles. The molecule has 4 rings (SSSR count). The van der Waals surface area contributed by atoms with Crippen LogP contribution in [0.15, 0.2) is 16.8 Å². The summed E-state index contributed by atoms with van der Waals surface area (Å²) in [6, 6.07) is 0. The molecule has 0 radical (unpaired) electrons. The van der Waals surface area contributed by atoms with Gasteiger partial charge < -0.3 is 10.5 Å². The van der Waals surface area contributed by atoms with Gasteiger partial charge in [0, 0.05) is 17.5 Å². The molecular weight excluding hydrogens is 384 g/mol. The Morgan fingerprint density at radius 2 is 1.90 bits per heavy atom. The van der Waals surface area contributed by atoms with Gasteiger partial charge in [0.25, 0.3) is 0 Å². The van der Waals surface area contributed by atoms with Crippen molar-refractivity contribution in [1.82, 2.24) is 5.32 Å². The van der Waals surface area contributed by atoms with E-state index in [0.717, 1.165) is 42.7 Å². The predicted octanol–water partition coefficient (Wildman–Crippen LogP) is 6.19. The Hall–Kier alpha value is -1.32. The highest BCUT2D eigenvalue weighted by Gasteiger charge is 2.59. The fraction of sp³-hybridized carbons (Fsp3) is 0.852. The Morgan fingerprint density at radius 1 is 1.13 bits per heavy atom. The minimum absolute atomic E-state index is 0.0658. The molecule has 0 bridgehead atoms. The molecule has 2 N–H and O–H groups in total. The second kappa shape index (κ2) is 8.56. The molecule has 3 aliphatic carbocycles. The van der Waals surface area contributed by atoms with Gasteiger partial charge in [-0.15, -0.1) is 0 Å². The van der Waals surface area contributed by atoms with E-state index in [1.807, 2.05) is 6.08 Å². The van der Waals surface area contributed by atoms with Crippen molar-refractivity contribution < 1.29 is 10.0 Å². The molecule has 5 unspecified atom stereocenters. The SMILES string of the molecule is CC(C)CCCC(C)C1CCC2C3CNC(=O)C4=C/C(=N/O)CC[C@]4(C)C3CC[C@]12C. The molecule has 0 aromatic heterocycles. The van der Waals surface area contributed by atoms with Gasteiger partial charge >= 0.3 is 0 Å². The Morgan fingerprint density at radius 3 is 2.61 bits per heavy atom. The van der Waals surface area contributed by atoms with Crippen LogP contribution in [0.4, 0.5) is 0 Å². The number of hydrogen-bond donors (Lipinski definition) is 2. The van der Waals surface area contributed by atoms with Gasteiger partial charge in [0.1, 0.15) is 0 Å². The molecule has 7 atom stereocenters. The van der Waals surface area contributed by atoms with E-state index in [0.29, 0.717) is 28.9 Å². The third-order valence-corrected chi connectivity index (χ3v) is 10.2. The molecular formula is C27H44N2O2. The number of carbonyl (C=O) groups excluding carboxylic acids is 1. The van der Waals surface area contributed by atoms with Crippen LogP contribution in [-0.2, 0) is 4.79 Å². The molecule has 1 saturated heterocycles. The normalized spacial score (nSPS) is 42.3. The maximum absolute atomic E-state index is 13.1. The van der Waals surface area contributed by atoms with Crippen LogP contribution in [0.1, 0.15) is 92.4 Å². The summed E-state index contributed by atoms with van der Waals surface area (Å²) >= 11 is 0. The van der Waals surface area contributed by atoms with Gasteiger partial charge in [-0.2, -0.15) is 0 Å². The Labute approximate surface area is 189 Å². The van der Waals surface area contributed by atoms with Crippen molar-refractivity contribution in [1.29, 1.82) is 0 Å². The maximum atomic E-state index is 13.1. The van der Waals surface area contributed by atoms with E-state index < -0.39 is 0 Å². The van der Waals surface area contributed by atoms with Crippen molar-refractivity contribution in [2.75, 3.05) is 6.54 Å². The average molecular weight is 429 g/mol. The van der Waals surface area contributed by atoms with Gasteiger partial charge in [0.05, 0.1) is 5.71 Å². The smallest absolute Gasteiger partial charge is 0.247 e. The van der Waals surface area contributed by atoms with Gasteiger partial charge in [0.15, 0.2) is 0 Å². The first-order valence-corrected chi connectivity index (χ1v) is 12.9. The van der Waals surface area contributed by atoms with Gasteiger partial charge in [-0.3, -0.25) is 4.79 Å². The molecule has 4 heteroatoms. The minimum atomic E-state index is -0.0955. The van der Waals surface area contributed by atoms with Crippen molar-refractivity contribution in [3.8, 4) is 0 Å². The predicted molar refractivity (Wildman–Crippen MR) is 126 cm³/mol. The Balaban J connectivity index is 1.56. The highest BCUT2D eigenvalue weighted by atomic mass is 16.4. The fourth-order valence-electron chi connectivity index (χ4n) is 8.41. The van der Waals surface area contributed by atoms with E-state index >= 15 is 0 Å². The molecule has 0 aromatic carbocycles. The zero-order valence-corrected chi connectivity index (χ0v) is 20.4. The van der Waals surface area contributed by atoms with E-state index in [2.05, 4.69) is 45.1 Å². The summed E-state index contributed by atoms with van der Waals surface area (Å²) in [5.41, 5.74) is 1.83. The van der Waals surface area contributed by atoms with Crippen LogP contribution in [0.25, 0.3) is 0 Å². The highest BCUT2D eigenvalue weighted by Crippen LogP contribution is 2.65. The summed E-state index contributed by atoms with van der Waals surface area (Å²) in [5.74, 6) is 4.33. The number of hydrogen-bond acceptors (Lipinski definition) is 3. The lowest BCUT2D eigenvalue weighted by Gasteiger charge is -2.54. The lowest BCUT2D eigenvalue weighted by atomic mass is 9.50. The number of nitrogens with one attached hydrogen (secondary N) is 1. The van der Waals surface area contributed by atoms with Crippen LogP contribution in [0.3, 0.4) is 0 Å². The highest BCUT2D eigenvalue weighted by molar-refractivity contribution is 6.06. The third-order valence-electron chi connectivity index (χ3n) is 10.2. The number of allylic oxidation sites excluding steroid dienone is 1. The van der Waals surface area contributed by atoms with Crippen molar-refractivity contribution in [2.45, 2.75) is 92.4 Å². The van der Waals surface area contributed by atoms with Crippen LogP contribution >= 0.6 is 0 Å². The van der Waals surface area contributed by atoms with Crippen molar-refractivity contribution >= 4 is 11.6 Å². The second-order valence-corrected chi connectivity index (χ2v) is 12.2. The molecule has 1 aliphatic heterocycles. The van der Waals surface area contributed by atoms with E-state index in [9.17, 15) is 10.0 Å². The van der Waals surface area contributed by atoms with Crippen LogP contribution in [-0.4, -0.2) is 23.4 Å². The minimum Gasteiger partial charge on any atom is -0.411 e. The van der Waals surface area contributed by atoms with Gasteiger partial charge in [0.2, 0.25) is 5.91 Å². The van der Waals surface area contributed by atoms with Crippen LogP contribution in [0.5, 0.6) is 0 Å². The molecule has 0 aromatic rings. The van der Waals surface area contributed by atoms with Crippen molar-refractivity contribution in [2.24, 2.45) is 51.5 Å². The molecule has 174 valence electrons. The number of nitrogens with zero attached hydrogens (tertiary/aromatic N) is 1. The van der Waals surface area contributed by atoms with E-state index in [1.54, 1.807) is 0 Å². The van der Waals surface area contributed by atoms with Crippen LogP contribution in [0.2, 0.25) is 0 Å². The number of fused-ring (bicyclic) bond motifs is 5. The summed E-state index contributed by atoms with van der Waals surface area (Å²) in [4.78, 5) is 13.1. The molecule has 0 spiro atoms. The largest absolute Gasteiger partial charge is 0.411 e. The molecule has 1 heterocycles. The summed E-state index contributed by atoms with van der Waals surface area (Å²) in [6.07, 6.45) is 12.9. The number of amides is 1. The molecule has 31 heavy (non-hydrogen) atoms. The second-order valence-electron chi connectivity index (χ2n) is 12.2. The Kier molecular flexibility index (Phi) is 6.31. The zero-order chi connectivity index (χ0) is 22.4. The van der Waals surface area contributed by atoms with E-state index in [-0.39, 0.29) is 11.3 Å². The quantitative estimate of drug-likeness (QED) is 0.405. The number of rotatable bonds is 5. The van der Waals surface area contributed by atoms with Gasteiger partial charge in [-0.05, 0) is 85.5 Å². The average Bonchev–Trinajstić information content (AvgIpc) is 3.03. The number of carbonyl (C=O) groups is 1.